The van der Waals surface area contributed by atoms with Gasteiger partial charge < -0.3 is 16.0 Å². The molecule has 3 aromatic rings. The van der Waals surface area contributed by atoms with Crippen LogP contribution in [0.25, 0.3) is 22.2 Å². The number of anilines is 2. The van der Waals surface area contributed by atoms with E-state index in [1.165, 1.54) is 12.4 Å². The molecule has 7 heteroatoms. The van der Waals surface area contributed by atoms with Crippen molar-refractivity contribution >= 4 is 34.9 Å². The van der Waals surface area contributed by atoms with E-state index < -0.39 is 5.82 Å². The predicted octanol–water partition coefficient (Wildman–Crippen LogP) is 2.36. The van der Waals surface area contributed by atoms with E-state index in [-0.39, 0.29) is 18.1 Å². The summed E-state index contributed by atoms with van der Waals surface area (Å²) in [5, 5.41) is 0.634. The van der Waals surface area contributed by atoms with Gasteiger partial charge in [0.1, 0.15) is 17.8 Å². The maximum atomic E-state index is 14.1. The molecule has 104 valence electrons. The van der Waals surface area contributed by atoms with Gasteiger partial charge in [-0.15, -0.1) is 12.4 Å². The average Bonchev–Trinajstić information content (AvgIpc) is 2.72. The lowest BCUT2D eigenvalue weighted by Gasteiger charge is -2.04. The van der Waals surface area contributed by atoms with E-state index in [0.717, 1.165) is 0 Å². The third kappa shape index (κ3) is 1.94. The van der Waals surface area contributed by atoms with Crippen LogP contribution in [-0.4, -0.2) is 14.5 Å². The molecule has 0 aliphatic rings. The number of fused-ring (bicyclic) bond motifs is 1. The molecule has 20 heavy (non-hydrogen) atoms. The zero-order chi connectivity index (χ0) is 13.6. The van der Waals surface area contributed by atoms with Crippen LogP contribution in [0.4, 0.5) is 15.9 Å². The van der Waals surface area contributed by atoms with Crippen LogP contribution in [-0.2, 0) is 7.05 Å². The second-order valence-electron chi connectivity index (χ2n) is 4.32. The van der Waals surface area contributed by atoms with Crippen LogP contribution >= 0.6 is 12.4 Å². The molecule has 0 fully saturated rings. The summed E-state index contributed by atoms with van der Waals surface area (Å²) in [6, 6.07) is 4.88. The smallest absolute Gasteiger partial charge is 0.153 e. The Balaban J connectivity index is 0.00000147. The molecule has 5 nitrogen and oxygen atoms in total. The van der Waals surface area contributed by atoms with E-state index in [4.69, 9.17) is 11.5 Å². The van der Waals surface area contributed by atoms with Gasteiger partial charge in [0.2, 0.25) is 0 Å². The monoisotopic (exact) mass is 293 g/mol. The highest BCUT2D eigenvalue weighted by Gasteiger charge is 2.16. The highest BCUT2D eigenvalue weighted by molar-refractivity contribution is 6.01. The molecule has 4 N–H and O–H groups in total. The zero-order valence-corrected chi connectivity index (χ0v) is 11.5. The quantitative estimate of drug-likeness (QED) is 0.675. The van der Waals surface area contributed by atoms with Gasteiger partial charge in [-0.1, -0.05) is 12.1 Å². The molecular formula is C13H13ClFN5. The Kier molecular flexibility index (Phi) is 3.50. The first-order chi connectivity index (χ1) is 9.09. The predicted molar refractivity (Wildman–Crippen MR) is 80.0 cm³/mol. The minimum Gasteiger partial charge on any atom is -0.396 e. The number of nitrogens with zero attached hydrogens (tertiary/aromatic N) is 3. The number of halogens is 2. The number of aromatic nitrogens is 3. The fourth-order valence-corrected chi connectivity index (χ4v) is 2.20. The maximum absolute atomic E-state index is 14.1. The summed E-state index contributed by atoms with van der Waals surface area (Å²) >= 11 is 0. The Bertz CT molecular complexity index is 784. The van der Waals surface area contributed by atoms with Crippen LogP contribution < -0.4 is 11.5 Å². The molecule has 0 aliphatic heterocycles. The van der Waals surface area contributed by atoms with Gasteiger partial charge in [0.15, 0.2) is 5.82 Å². The number of nitrogens with two attached hydrogens (primary N) is 2. The molecule has 0 spiro atoms. The van der Waals surface area contributed by atoms with Gasteiger partial charge >= 0.3 is 0 Å². The highest BCUT2D eigenvalue weighted by Crippen LogP contribution is 2.34. The fourth-order valence-electron chi connectivity index (χ4n) is 2.20. The maximum Gasteiger partial charge on any atom is 0.153 e. The van der Waals surface area contributed by atoms with E-state index >= 15 is 0 Å². The molecule has 0 radical (unpaired) electrons. The number of nitrogen functional groups attached to an aromatic ring is 2. The first kappa shape index (κ1) is 14.1. The fraction of sp³-hybridized carbons (Fsp3) is 0.0769. The van der Waals surface area contributed by atoms with Crippen molar-refractivity contribution < 1.29 is 4.39 Å². The Labute approximate surface area is 120 Å². The third-order valence-electron chi connectivity index (χ3n) is 3.10. The van der Waals surface area contributed by atoms with Crippen LogP contribution in [0.15, 0.2) is 30.7 Å². The summed E-state index contributed by atoms with van der Waals surface area (Å²) < 4.78 is 15.9. The summed E-state index contributed by atoms with van der Waals surface area (Å²) in [5.74, 6) is -0.138. The first-order valence-electron chi connectivity index (χ1n) is 5.69. The molecule has 0 saturated heterocycles. The van der Waals surface area contributed by atoms with E-state index in [2.05, 4.69) is 9.97 Å². The van der Waals surface area contributed by atoms with Gasteiger partial charge in [0.05, 0.1) is 11.1 Å². The van der Waals surface area contributed by atoms with E-state index in [0.29, 0.717) is 28.0 Å². The van der Waals surface area contributed by atoms with E-state index in [9.17, 15) is 4.39 Å². The van der Waals surface area contributed by atoms with Crippen LogP contribution in [0.2, 0.25) is 0 Å². The number of hydrogen-bond acceptors (Lipinski definition) is 4. The second kappa shape index (κ2) is 4.97. The van der Waals surface area contributed by atoms with Gasteiger partial charge in [-0.25, -0.2) is 14.4 Å². The number of hydrogen-bond donors (Lipinski definition) is 2. The van der Waals surface area contributed by atoms with Gasteiger partial charge in [-0.2, -0.15) is 0 Å². The number of rotatable bonds is 1. The Hall–Kier alpha value is -2.34. The first-order valence-corrected chi connectivity index (χ1v) is 5.69. The van der Waals surface area contributed by atoms with Crippen molar-refractivity contribution in [2.75, 3.05) is 11.5 Å². The molecule has 2 heterocycles. The molecule has 0 atom stereocenters. The molecule has 0 bridgehead atoms. The Morgan fingerprint density at radius 2 is 1.90 bits per heavy atom. The van der Waals surface area contributed by atoms with Crippen LogP contribution in [0.5, 0.6) is 0 Å². The standard InChI is InChI=1S/C13H12FN5.ClH/c1-19-5-8(7-3-2-4-9(15)11(7)14)10-12(16)17-6-18-13(10)19;/h2-6H,15H2,1H3,(H2,16,17,18);1H. The molecule has 3 rings (SSSR count). The van der Waals surface area contributed by atoms with Gasteiger partial charge in [0.25, 0.3) is 0 Å². The van der Waals surface area contributed by atoms with Gasteiger partial charge in [0, 0.05) is 24.4 Å². The number of aryl methyl sites for hydroxylation is 1. The normalized spacial score (nSPS) is 10.5. The summed E-state index contributed by atoms with van der Waals surface area (Å²) in [5.41, 5.74) is 13.3. The zero-order valence-electron chi connectivity index (χ0n) is 10.7. The Morgan fingerprint density at radius 3 is 2.65 bits per heavy atom. The SMILES string of the molecule is Cl.Cn1cc(-c2cccc(N)c2F)c2c(N)ncnc21. The minimum absolute atomic E-state index is 0. The van der Waals surface area contributed by atoms with Crippen molar-refractivity contribution in [2.24, 2.45) is 7.05 Å². The van der Waals surface area contributed by atoms with Crippen LogP contribution in [0.3, 0.4) is 0 Å². The summed E-state index contributed by atoms with van der Waals surface area (Å²) in [7, 11) is 1.82. The third-order valence-corrected chi connectivity index (χ3v) is 3.10. The molecule has 2 aromatic heterocycles. The second-order valence-corrected chi connectivity index (χ2v) is 4.32. The van der Waals surface area contributed by atoms with E-state index in [1.54, 1.807) is 22.9 Å². The highest BCUT2D eigenvalue weighted by atomic mass is 35.5. The molecule has 0 saturated carbocycles. The molecular weight excluding hydrogens is 281 g/mol. The van der Waals surface area contributed by atoms with Crippen molar-refractivity contribution in [3.8, 4) is 11.1 Å². The lowest BCUT2D eigenvalue weighted by Crippen LogP contribution is -1.95. The van der Waals surface area contributed by atoms with Crippen LogP contribution in [0, 0.1) is 5.82 Å². The summed E-state index contributed by atoms with van der Waals surface area (Å²) in [4.78, 5) is 8.12. The van der Waals surface area contributed by atoms with E-state index in [1.807, 2.05) is 7.05 Å². The largest absolute Gasteiger partial charge is 0.396 e. The molecule has 0 unspecified atom stereocenters. The van der Waals surface area contributed by atoms with Gasteiger partial charge in [-0.3, -0.25) is 0 Å². The topological polar surface area (TPSA) is 82.8 Å². The Morgan fingerprint density at radius 1 is 1.15 bits per heavy atom. The number of benzene rings is 1. The summed E-state index contributed by atoms with van der Waals surface area (Å²) in [6.07, 6.45) is 3.16. The average molecular weight is 294 g/mol. The molecule has 0 aliphatic carbocycles. The van der Waals surface area contributed by atoms with Crippen molar-refractivity contribution in [1.29, 1.82) is 0 Å². The van der Waals surface area contributed by atoms with Crippen LogP contribution in [0.1, 0.15) is 0 Å². The minimum atomic E-state index is -0.460. The summed E-state index contributed by atoms with van der Waals surface area (Å²) in [6.45, 7) is 0. The molecule has 0 amide bonds. The van der Waals surface area contributed by atoms with Crippen molar-refractivity contribution in [1.82, 2.24) is 14.5 Å². The lowest BCUT2D eigenvalue weighted by atomic mass is 10.0. The molecule has 1 aromatic carbocycles. The lowest BCUT2D eigenvalue weighted by molar-refractivity contribution is 0.636. The van der Waals surface area contributed by atoms with Gasteiger partial charge in [-0.05, 0) is 6.07 Å². The van der Waals surface area contributed by atoms with Crippen molar-refractivity contribution in [2.45, 2.75) is 0 Å². The van der Waals surface area contributed by atoms with Crippen molar-refractivity contribution in [3.05, 3.63) is 36.5 Å². The van der Waals surface area contributed by atoms with Crippen molar-refractivity contribution in [3.63, 3.8) is 0 Å².